The summed E-state index contributed by atoms with van der Waals surface area (Å²) in [6.07, 6.45) is 0. The Morgan fingerprint density at radius 3 is 2.91 bits per heavy atom. The lowest BCUT2D eigenvalue weighted by Crippen LogP contribution is -1.95. The van der Waals surface area contributed by atoms with Crippen molar-refractivity contribution < 1.29 is 14.2 Å². The van der Waals surface area contributed by atoms with Gasteiger partial charge in [-0.2, -0.15) is 9.37 Å². The number of nitrogens with zero attached hydrogens (tertiary/aromatic N) is 1. The van der Waals surface area contributed by atoms with Crippen molar-refractivity contribution in [3.05, 3.63) is 18.1 Å². The fraction of sp³-hybridized carbons (Fsp3) is 0.286. The smallest absolute Gasteiger partial charge is 0.258 e. The molecule has 0 aliphatic carbocycles. The molecule has 0 spiro atoms. The van der Waals surface area contributed by atoms with E-state index in [-0.39, 0.29) is 5.88 Å². The van der Waals surface area contributed by atoms with Gasteiger partial charge in [-0.3, -0.25) is 0 Å². The first kappa shape index (κ1) is 7.78. The molecule has 0 saturated heterocycles. The second kappa shape index (κ2) is 3.18. The van der Waals surface area contributed by atoms with Crippen LogP contribution in [0.25, 0.3) is 0 Å². The average molecular weight is 157 g/mol. The fourth-order valence-corrected chi connectivity index (χ4v) is 0.639. The molecule has 0 radical (unpaired) electrons. The number of ether oxygens (including phenoxy) is 1. The Kier molecular flexibility index (Phi) is 2.25. The zero-order valence-corrected chi connectivity index (χ0v) is 6.04. The number of halogens is 1. The first-order chi connectivity index (χ1) is 5.24. The predicted octanol–water partition coefficient (Wildman–Crippen LogP) is 1.32. The number of rotatable bonds is 2. The second-order valence-electron chi connectivity index (χ2n) is 1.89. The molecule has 11 heavy (non-hydrogen) atoms. The maximum atomic E-state index is 12.5. The molecule has 0 bridgehead atoms. The highest BCUT2D eigenvalue weighted by Gasteiger charge is 2.02. The van der Waals surface area contributed by atoms with Crippen molar-refractivity contribution in [1.82, 2.24) is 4.98 Å². The molecular formula is C7H8FNO2. The summed E-state index contributed by atoms with van der Waals surface area (Å²) in [5.41, 5.74) is 0. The monoisotopic (exact) mass is 157 g/mol. The van der Waals surface area contributed by atoms with Crippen molar-refractivity contribution in [3.8, 4) is 11.6 Å². The third kappa shape index (κ3) is 1.80. The van der Waals surface area contributed by atoms with E-state index in [9.17, 15) is 4.39 Å². The summed E-state index contributed by atoms with van der Waals surface area (Å²) in [7, 11) is 0. The lowest BCUT2D eigenvalue weighted by molar-refractivity contribution is 0.316. The van der Waals surface area contributed by atoms with Crippen molar-refractivity contribution in [2.24, 2.45) is 0 Å². The lowest BCUT2D eigenvalue weighted by atomic mass is 10.4. The molecule has 0 saturated carbocycles. The van der Waals surface area contributed by atoms with Crippen molar-refractivity contribution in [3.63, 3.8) is 0 Å². The quantitative estimate of drug-likeness (QED) is 0.658. The van der Waals surface area contributed by atoms with Crippen LogP contribution in [-0.2, 0) is 0 Å². The van der Waals surface area contributed by atoms with Gasteiger partial charge in [-0.1, -0.05) is 0 Å². The maximum absolute atomic E-state index is 12.5. The topological polar surface area (TPSA) is 42.4 Å². The van der Waals surface area contributed by atoms with Gasteiger partial charge in [0.25, 0.3) is 5.95 Å². The van der Waals surface area contributed by atoms with Crippen LogP contribution in [0.15, 0.2) is 12.1 Å². The minimum atomic E-state index is -0.907. The summed E-state index contributed by atoms with van der Waals surface area (Å²) in [6, 6.07) is 2.61. The number of hydrogen-bond acceptors (Lipinski definition) is 3. The molecule has 1 N–H and O–H groups in total. The van der Waals surface area contributed by atoms with Crippen LogP contribution >= 0.6 is 0 Å². The molecule has 1 aromatic rings. The van der Waals surface area contributed by atoms with E-state index in [0.717, 1.165) is 0 Å². The van der Waals surface area contributed by atoms with Gasteiger partial charge in [-0.05, 0) is 13.0 Å². The van der Waals surface area contributed by atoms with Crippen molar-refractivity contribution >= 4 is 0 Å². The largest absolute Gasteiger partial charge is 0.504 e. The van der Waals surface area contributed by atoms with Crippen LogP contribution in [0.1, 0.15) is 6.92 Å². The standard InChI is InChI=1S/C7H8FNO2/c1-2-11-6-4-3-5(10)7(8)9-6/h3-4,10H,2H2,1H3. The number of aromatic hydroxyl groups is 1. The predicted molar refractivity (Wildman–Crippen MR) is 37.0 cm³/mol. The third-order valence-corrected chi connectivity index (χ3v) is 1.10. The van der Waals surface area contributed by atoms with E-state index in [4.69, 9.17) is 9.84 Å². The highest BCUT2D eigenvalue weighted by atomic mass is 19.1. The molecule has 0 aliphatic rings. The van der Waals surface area contributed by atoms with E-state index >= 15 is 0 Å². The highest BCUT2D eigenvalue weighted by Crippen LogP contribution is 2.16. The van der Waals surface area contributed by atoms with Crippen LogP contribution in [0.3, 0.4) is 0 Å². The van der Waals surface area contributed by atoms with Crippen LogP contribution in [0.2, 0.25) is 0 Å². The van der Waals surface area contributed by atoms with E-state index in [1.165, 1.54) is 12.1 Å². The highest BCUT2D eigenvalue weighted by molar-refractivity contribution is 5.22. The Morgan fingerprint density at radius 2 is 2.36 bits per heavy atom. The Hall–Kier alpha value is -1.32. The Morgan fingerprint density at radius 1 is 1.64 bits per heavy atom. The normalized spacial score (nSPS) is 9.64. The molecular weight excluding hydrogens is 149 g/mol. The van der Waals surface area contributed by atoms with Gasteiger partial charge in [0.1, 0.15) is 0 Å². The van der Waals surface area contributed by atoms with Crippen molar-refractivity contribution in [1.29, 1.82) is 0 Å². The molecule has 60 valence electrons. The van der Waals surface area contributed by atoms with E-state index < -0.39 is 11.7 Å². The average Bonchev–Trinajstić information content (AvgIpc) is 1.98. The van der Waals surface area contributed by atoms with Crippen LogP contribution in [0.5, 0.6) is 11.6 Å². The molecule has 1 heterocycles. The van der Waals surface area contributed by atoms with Gasteiger partial charge >= 0.3 is 0 Å². The first-order valence-corrected chi connectivity index (χ1v) is 3.22. The molecule has 0 aliphatic heterocycles. The number of aromatic nitrogens is 1. The zero-order valence-electron chi connectivity index (χ0n) is 6.04. The second-order valence-corrected chi connectivity index (χ2v) is 1.89. The van der Waals surface area contributed by atoms with E-state index in [0.29, 0.717) is 6.61 Å². The van der Waals surface area contributed by atoms with Gasteiger partial charge in [-0.25, -0.2) is 0 Å². The van der Waals surface area contributed by atoms with E-state index in [1.54, 1.807) is 6.92 Å². The van der Waals surface area contributed by atoms with Crippen LogP contribution in [0, 0.1) is 5.95 Å². The summed E-state index contributed by atoms with van der Waals surface area (Å²) in [4.78, 5) is 3.32. The van der Waals surface area contributed by atoms with E-state index in [2.05, 4.69) is 4.98 Å². The third-order valence-electron chi connectivity index (χ3n) is 1.10. The van der Waals surface area contributed by atoms with Gasteiger partial charge in [0, 0.05) is 6.07 Å². The summed E-state index contributed by atoms with van der Waals surface area (Å²) in [5.74, 6) is -1.19. The Labute approximate surface area is 63.5 Å². The Balaban J connectivity index is 2.86. The van der Waals surface area contributed by atoms with Gasteiger partial charge in [0.15, 0.2) is 5.75 Å². The van der Waals surface area contributed by atoms with Crippen LogP contribution in [0.4, 0.5) is 4.39 Å². The SMILES string of the molecule is CCOc1ccc(O)c(F)n1. The molecule has 4 heteroatoms. The maximum Gasteiger partial charge on any atom is 0.258 e. The van der Waals surface area contributed by atoms with Gasteiger partial charge < -0.3 is 9.84 Å². The summed E-state index contributed by atoms with van der Waals surface area (Å²) >= 11 is 0. The molecule has 0 amide bonds. The number of pyridine rings is 1. The lowest BCUT2D eigenvalue weighted by Gasteiger charge is -2.00. The van der Waals surface area contributed by atoms with Crippen molar-refractivity contribution in [2.45, 2.75) is 6.92 Å². The molecule has 1 rings (SSSR count). The minimum absolute atomic E-state index is 0.183. The molecule has 1 aromatic heterocycles. The molecule has 0 aromatic carbocycles. The van der Waals surface area contributed by atoms with E-state index in [1.807, 2.05) is 0 Å². The van der Waals surface area contributed by atoms with Gasteiger partial charge in [0.05, 0.1) is 6.61 Å². The Bertz CT molecular complexity index is 252. The van der Waals surface area contributed by atoms with Crippen molar-refractivity contribution in [2.75, 3.05) is 6.61 Å². The molecule has 0 fully saturated rings. The minimum Gasteiger partial charge on any atom is -0.504 e. The molecule has 0 unspecified atom stereocenters. The van der Waals surface area contributed by atoms with Crippen LogP contribution in [-0.4, -0.2) is 16.7 Å². The summed E-state index contributed by atoms with van der Waals surface area (Å²) < 4.78 is 17.3. The summed E-state index contributed by atoms with van der Waals surface area (Å²) in [5, 5.41) is 8.72. The van der Waals surface area contributed by atoms with Crippen LogP contribution < -0.4 is 4.74 Å². The molecule has 0 atom stereocenters. The fourth-order valence-electron chi connectivity index (χ4n) is 0.639. The van der Waals surface area contributed by atoms with Gasteiger partial charge in [0.2, 0.25) is 5.88 Å². The molecule has 3 nitrogen and oxygen atoms in total. The number of hydrogen-bond donors (Lipinski definition) is 1. The summed E-state index contributed by atoms with van der Waals surface area (Å²) in [6.45, 7) is 2.20. The first-order valence-electron chi connectivity index (χ1n) is 3.22. The van der Waals surface area contributed by atoms with Gasteiger partial charge in [-0.15, -0.1) is 0 Å². The zero-order chi connectivity index (χ0) is 8.27.